The molecular formula is C24H23ClN6O. The summed E-state index contributed by atoms with van der Waals surface area (Å²) in [5.41, 5.74) is 3.54. The van der Waals surface area contributed by atoms with E-state index in [0.717, 1.165) is 36.6 Å². The van der Waals surface area contributed by atoms with Crippen LogP contribution in [0.1, 0.15) is 15.9 Å². The van der Waals surface area contributed by atoms with Crippen molar-refractivity contribution in [2.45, 2.75) is 6.54 Å². The van der Waals surface area contributed by atoms with Gasteiger partial charge in [0.25, 0.3) is 5.91 Å². The maximum Gasteiger partial charge on any atom is 0.257 e. The topological polar surface area (TPSA) is 59.2 Å². The second-order valence-electron chi connectivity index (χ2n) is 7.82. The predicted octanol–water partition coefficient (Wildman–Crippen LogP) is 3.67. The number of aromatic nitrogens is 4. The quantitative estimate of drug-likeness (QED) is 0.469. The molecule has 4 aromatic rings. The minimum Gasteiger partial charge on any atom is -0.336 e. The molecule has 2 aromatic heterocycles. The van der Waals surface area contributed by atoms with Crippen LogP contribution in [0.15, 0.2) is 79.4 Å². The van der Waals surface area contributed by atoms with Gasteiger partial charge in [0.2, 0.25) is 0 Å². The summed E-state index contributed by atoms with van der Waals surface area (Å²) in [6.07, 6.45) is 7.33. The van der Waals surface area contributed by atoms with Crippen molar-refractivity contribution in [2.75, 3.05) is 26.2 Å². The van der Waals surface area contributed by atoms with Crippen LogP contribution in [0.25, 0.3) is 11.4 Å². The molecule has 7 nitrogen and oxygen atoms in total. The van der Waals surface area contributed by atoms with Gasteiger partial charge in [-0.05, 0) is 24.3 Å². The van der Waals surface area contributed by atoms with E-state index in [4.69, 9.17) is 11.6 Å². The van der Waals surface area contributed by atoms with Crippen molar-refractivity contribution in [3.05, 3.63) is 95.5 Å². The van der Waals surface area contributed by atoms with E-state index in [-0.39, 0.29) is 5.91 Å². The molecule has 162 valence electrons. The summed E-state index contributed by atoms with van der Waals surface area (Å²) in [6.45, 7) is 3.83. The number of para-hydroxylation sites is 2. The molecule has 0 aliphatic carbocycles. The third kappa shape index (κ3) is 4.30. The van der Waals surface area contributed by atoms with Crippen molar-refractivity contribution in [1.82, 2.24) is 29.4 Å². The van der Waals surface area contributed by atoms with E-state index in [1.165, 1.54) is 0 Å². The number of carbonyl (C=O) groups excluding carboxylic acids is 1. The monoisotopic (exact) mass is 446 g/mol. The lowest BCUT2D eigenvalue weighted by atomic mass is 10.2. The summed E-state index contributed by atoms with van der Waals surface area (Å²) in [7, 11) is 0. The van der Waals surface area contributed by atoms with Gasteiger partial charge in [-0.3, -0.25) is 9.69 Å². The van der Waals surface area contributed by atoms with Crippen LogP contribution < -0.4 is 0 Å². The summed E-state index contributed by atoms with van der Waals surface area (Å²) in [4.78, 5) is 17.2. The first-order valence-electron chi connectivity index (χ1n) is 10.6. The first-order chi connectivity index (χ1) is 15.7. The number of nitrogens with zero attached hydrogens (tertiary/aromatic N) is 6. The molecule has 0 bridgehead atoms. The molecule has 1 fully saturated rings. The average Bonchev–Trinajstić information content (AvgIpc) is 3.50. The van der Waals surface area contributed by atoms with E-state index >= 15 is 0 Å². The third-order valence-electron chi connectivity index (χ3n) is 5.65. The Balaban J connectivity index is 1.18. The molecular weight excluding hydrogens is 424 g/mol. The third-order valence-corrected chi connectivity index (χ3v) is 5.97. The fourth-order valence-corrected chi connectivity index (χ4v) is 4.14. The molecule has 2 aromatic carbocycles. The van der Waals surface area contributed by atoms with Gasteiger partial charge in [0, 0.05) is 50.7 Å². The van der Waals surface area contributed by atoms with E-state index in [9.17, 15) is 4.79 Å². The number of amides is 1. The van der Waals surface area contributed by atoms with Crippen molar-refractivity contribution in [3.63, 3.8) is 0 Å². The van der Waals surface area contributed by atoms with Crippen molar-refractivity contribution in [1.29, 1.82) is 0 Å². The normalized spacial score (nSPS) is 14.6. The lowest BCUT2D eigenvalue weighted by molar-refractivity contribution is 0.0628. The van der Waals surface area contributed by atoms with Crippen molar-refractivity contribution in [2.24, 2.45) is 0 Å². The van der Waals surface area contributed by atoms with Crippen LogP contribution >= 0.6 is 11.6 Å². The zero-order chi connectivity index (χ0) is 21.9. The summed E-state index contributed by atoms with van der Waals surface area (Å²) < 4.78 is 3.54. The highest BCUT2D eigenvalue weighted by Crippen LogP contribution is 2.20. The number of carbonyl (C=O) groups is 1. The van der Waals surface area contributed by atoms with Crippen LogP contribution in [0, 0.1) is 0 Å². The Labute approximate surface area is 191 Å². The largest absolute Gasteiger partial charge is 0.336 e. The molecule has 0 N–H and O–H groups in total. The maximum absolute atomic E-state index is 13.0. The Morgan fingerprint density at radius 3 is 2.34 bits per heavy atom. The standard InChI is InChI=1S/C24H23ClN6O/c25-22-8-4-5-9-23(22)31-18-20(15-27-31)24(32)29-12-10-28(11-13-29)16-19-14-26-30(17-19)21-6-2-1-3-7-21/h1-9,14-15,17-18H,10-13,16H2. The number of benzene rings is 2. The highest BCUT2D eigenvalue weighted by Gasteiger charge is 2.23. The molecule has 1 aliphatic rings. The fourth-order valence-electron chi connectivity index (χ4n) is 3.92. The summed E-state index contributed by atoms with van der Waals surface area (Å²) >= 11 is 6.25. The highest BCUT2D eigenvalue weighted by molar-refractivity contribution is 6.32. The summed E-state index contributed by atoms with van der Waals surface area (Å²) in [6, 6.07) is 17.5. The summed E-state index contributed by atoms with van der Waals surface area (Å²) in [5.74, 6) is -0.000138. The number of halogens is 1. The molecule has 3 heterocycles. The van der Waals surface area contributed by atoms with Crippen LogP contribution in [0.5, 0.6) is 0 Å². The van der Waals surface area contributed by atoms with Gasteiger partial charge in [-0.25, -0.2) is 9.36 Å². The zero-order valence-corrected chi connectivity index (χ0v) is 18.3. The molecule has 0 spiro atoms. The maximum atomic E-state index is 13.0. The van der Waals surface area contributed by atoms with E-state index in [2.05, 4.69) is 21.3 Å². The zero-order valence-electron chi connectivity index (χ0n) is 17.5. The smallest absolute Gasteiger partial charge is 0.257 e. The van der Waals surface area contributed by atoms with E-state index in [0.29, 0.717) is 23.7 Å². The van der Waals surface area contributed by atoms with Crippen LogP contribution in [0.2, 0.25) is 5.02 Å². The fraction of sp³-hybridized carbons (Fsp3) is 0.208. The molecule has 1 saturated heterocycles. The highest BCUT2D eigenvalue weighted by atomic mass is 35.5. The van der Waals surface area contributed by atoms with Crippen LogP contribution in [-0.4, -0.2) is 61.4 Å². The molecule has 0 radical (unpaired) electrons. The second kappa shape index (κ2) is 8.98. The first kappa shape index (κ1) is 20.5. The Kier molecular flexibility index (Phi) is 5.75. The Hall–Kier alpha value is -3.42. The minimum atomic E-state index is -0.000138. The molecule has 1 aliphatic heterocycles. The second-order valence-corrected chi connectivity index (χ2v) is 8.23. The number of hydrogen-bond acceptors (Lipinski definition) is 4. The van der Waals surface area contributed by atoms with Gasteiger partial charge in [-0.2, -0.15) is 10.2 Å². The van der Waals surface area contributed by atoms with Crippen LogP contribution in [0.3, 0.4) is 0 Å². The van der Waals surface area contributed by atoms with E-state index in [1.807, 2.05) is 70.4 Å². The molecule has 5 rings (SSSR count). The van der Waals surface area contributed by atoms with E-state index in [1.54, 1.807) is 17.1 Å². The Morgan fingerprint density at radius 2 is 1.56 bits per heavy atom. The van der Waals surface area contributed by atoms with Crippen LogP contribution in [0.4, 0.5) is 0 Å². The van der Waals surface area contributed by atoms with Crippen molar-refractivity contribution < 1.29 is 4.79 Å². The minimum absolute atomic E-state index is 0.000138. The first-order valence-corrected chi connectivity index (χ1v) is 11.0. The van der Waals surface area contributed by atoms with Gasteiger partial charge in [-0.15, -0.1) is 0 Å². The molecule has 32 heavy (non-hydrogen) atoms. The molecule has 1 amide bonds. The van der Waals surface area contributed by atoms with Gasteiger partial charge < -0.3 is 4.90 Å². The lowest BCUT2D eigenvalue weighted by Gasteiger charge is -2.34. The van der Waals surface area contributed by atoms with E-state index < -0.39 is 0 Å². The van der Waals surface area contributed by atoms with Crippen LogP contribution in [-0.2, 0) is 6.54 Å². The van der Waals surface area contributed by atoms with Gasteiger partial charge in [0.15, 0.2) is 0 Å². The molecule has 0 unspecified atom stereocenters. The molecule has 0 saturated carbocycles. The molecule has 0 atom stereocenters. The molecule has 8 heteroatoms. The average molecular weight is 447 g/mol. The Morgan fingerprint density at radius 1 is 0.844 bits per heavy atom. The predicted molar refractivity (Wildman–Crippen MR) is 123 cm³/mol. The van der Waals surface area contributed by atoms with Gasteiger partial charge in [0.1, 0.15) is 0 Å². The number of rotatable bonds is 5. The number of hydrogen-bond donors (Lipinski definition) is 0. The lowest BCUT2D eigenvalue weighted by Crippen LogP contribution is -2.48. The van der Waals surface area contributed by atoms with Gasteiger partial charge in [-0.1, -0.05) is 41.9 Å². The summed E-state index contributed by atoms with van der Waals surface area (Å²) in [5, 5.41) is 9.40. The van der Waals surface area contributed by atoms with Gasteiger partial charge in [0.05, 0.1) is 34.4 Å². The Bertz CT molecular complexity index is 1210. The van der Waals surface area contributed by atoms with Crippen molar-refractivity contribution >= 4 is 17.5 Å². The number of piperazine rings is 1. The van der Waals surface area contributed by atoms with Crippen molar-refractivity contribution in [3.8, 4) is 11.4 Å². The van der Waals surface area contributed by atoms with Gasteiger partial charge >= 0.3 is 0 Å². The SMILES string of the molecule is O=C(c1cnn(-c2ccccc2Cl)c1)N1CCN(Cc2cnn(-c3ccccc3)c2)CC1.